The number of carbonyl (C=O) groups is 1. The average molecular weight is 234 g/mol. The summed E-state index contributed by atoms with van der Waals surface area (Å²) in [7, 11) is 1.82. The second kappa shape index (κ2) is 6.40. The molecule has 0 aliphatic heterocycles. The van der Waals surface area contributed by atoms with E-state index in [1.165, 1.54) is 16.7 Å². The Balaban J connectivity index is 2.46. The number of hydrogen-bond donors (Lipinski definition) is 1. The Morgan fingerprint density at radius 2 is 2.06 bits per heavy atom. The Kier molecular flexibility index (Phi) is 5.16. The highest BCUT2D eigenvalue weighted by molar-refractivity contribution is 5.77. The molecule has 0 heterocycles. The zero-order valence-electron chi connectivity index (χ0n) is 11.2. The first-order valence-corrected chi connectivity index (χ1v) is 6.06. The number of rotatable bonds is 5. The molecule has 3 heteroatoms. The minimum Gasteiger partial charge on any atom is -0.345 e. The molecule has 0 saturated carbocycles. The number of nitrogens with one attached hydrogen (secondary N) is 1. The molecule has 1 N–H and O–H groups in total. The SMILES string of the molecule is CCN(C)C(=O)CNCc1cccc(C)c1C. The van der Waals surface area contributed by atoms with Crippen LogP contribution in [0.15, 0.2) is 18.2 Å². The zero-order valence-corrected chi connectivity index (χ0v) is 11.2. The first-order chi connectivity index (χ1) is 8.06. The summed E-state index contributed by atoms with van der Waals surface area (Å²) >= 11 is 0. The summed E-state index contributed by atoms with van der Waals surface area (Å²) in [6.07, 6.45) is 0. The van der Waals surface area contributed by atoms with Crippen molar-refractivity contribution in [2.75, 3.05) is 20.1 Å². The predicted octanol–water partition coefficient (Wildman–Crippen LogP) is 1.87. The number of nitrogens with zero attached hydrogens (tertiary/aromatic N) is 1. The summed E-state index contributed by atoms with van der Waals surface area (Å²) in [6, 6.07) is 6.26. The first-order valence-electron chi connectivity index (χ1n) is 6.06. The van der Waals surface area contributed by atoms with Crippen LogP contribution in [0.1, 0.15) is 23.6 Å². The molecule has 0 fully saturated rings. The van der Waals surface area contributed by atoms with E-state index in [0.717, 1.165) is 13.1 Å². The van der Waals surface area contributed by atoms with Crippen LogP contribution in [0.2, 0.25) is 0 Å². The summed E-state index contributed by atoms with van der Waals surface area (Å²) in [6.45, 7) is 8.10. The van der Waals surface area contributed by atoms with Crippen molar-refractivity contribution in [3.63, 3.8) is 0 Å². The van der Waals surface area contributed by atoms with Crippen LogP contribution in [0.4, 0.5) is 0 Å². The molecular weight excluding hydrogens is 212 g/mol. The third-order valence-corrected chi connectivity index (χ3v) is 3.21. The molecule has 0 aromatic heterocycles. The highest BCUT2D eigenvalue weighted by Gasteiger charge is 2.06. The summed E-state index contributed by atoms with van der Waals surface area (Å²) in [4.78, 5) is 13.3. The topological polar surface area (TPSA) is 32.3 Å². The van der Waals surface area contributed by atoms with Gasteiger partial charge >= 0.3 is 0 Å². The fraction of sp³-hybridized carbons (Fsp3) is 0.500. The molecule has 1 rings (SSSR count). The molecule has 0 atom stereocenters. The van der Waals surface area contributed by atoms with Gasteiger partial charge in [-0.25, -0.2) is 0 Å². The minimum absolute atomic E-state index is 0.137. The van der Waals surface area contributed by atoms with E-state index < -0.39 is 0 Å². The highest BCUT2D eigenvalue weighted by atomic mass is 16.2. The number of amides is 1. The van der Waals surface area contributed by atoms with E-state index in [1.807, 2.05) is 14.0 Å². The van der Waals surface area contributed by atoms with E-state index in [9.17, 15) is 4.79 Å². The van der Waals surface area contributed by atoms with Gasteiger partial charge < -0.3 is 10.2 Å². The summed E-state index contributed by atoms with van der Waals surface area (Å²) in [5.41, 5.74) is 3.86. The van der Waals surface area contributed by atoms with Gasteiger partial charge in [-0.05, 0) is 37.5 Å². The van der Waals surface area contributed by atoms with E-state index in [1.54, 1.807) is 4.90 Å². The Hall–Kier alpha value is -1.35. The van der Waals surface area contributed by atoms with Crippen LogP contribution >= 0.6 is 0 Å². The van der Waals surface area contributed by atoms with Crippen molar-refractivity contribution in [1.29, 1.82) is 0 Å². The van der Waals surface area contributed by atoms with Crippen LogP contribution in [0, 0.1) is 13.8 Å². The lowest BCUT2D eigenvalue weighted by atomic mass is 10.0. The van der Waals surface area contributed by atoms with E-state index in [-0.39, 0.29) is 5.91 Å². The van der Waals surface area contributed by atoms with Crippen LogP contribution in [-0.4, -0.2) is 30.9 Å². The highest BCUT2D eigenvalue weighted by Crippen LogP contribution is 2.11. The molecule has 1 aromatic carbocycles. The standard InChI is InChI=1S/C14H22N2O/c1-5-16(4)14(17)10-15-9-13-8-6-7-11(2)12(13)3/h6-8,15H,5,9-10H2,1-4H3. The number of likely N-dealkylation sites (N-methyl/N-ethyl adjacent to an activating group) is 1. The number of benzene rings is 1. The third kappa shape index (κ3) is 3.86. The maximum Gasteiger partial charge on any atom is 0.236 e. The number of carbonyl (C=O) groups excluding carboxylic acids is 1. The average Bonchev–Trinajstić information content (AvgIpc) is 2.33. The van der Waals surface area contributed by atoms with Crippen LogP contribution in [-0.2, 0) is 11.3 Å². The molecule has 3 nitrogen and oxygen atoms in total. The lowest BCUT2D eigenvalue weighted by Gasteiger charge is -2.15. The fourth-order valence-corrected chi connectivity index (χ4v) is 1.62. The summed E-state index contributed by atoms with van der Waals surface area (Å²) in [5, 5.41) is 3.19. The molecule has 0 radical (unpaired) electrons. The van der Waals surface area contributed by atoms with Gasteiger partial charge in [-0.3, -0.25) is 4.79 Å². The van der Waals surface area contributed by atoms with E-state index >= 15 is 0 Å². The summed E-state index contributed by atoms with van der Waals surface area (Å²) < 4.78 is 0. The molecule has 0 aliphatic carbocycles. The quantitative estimate of drug-likeness (QED) is 0.843. The largest absolute Gasteiger partial charge is 0.345 e. The van der Waals surface area contributed by atoms with Gasteiger partial charge in [-0.2, -0.15) is 0 Å². The molecule has 0 bridgehead atoms. The molecular formula is C14H22N2O. The number of hydrogen-bond acceptors (Lipinski definition) is 2. The van der Waals surface area contributed by atoms with Crippen LogP contribution in [0.25, 0.3) is 0 Å². The number of aryl methyl sites for hydroxylation is 1. The Labute approximate surface area is 104 Å². The predicted molar refractivity (Wildman–Crippen MR) is 70.9 cm³/mol. The third-order valence-electron chi connectivity index (χ3n) is 3.21. The lowest BCUT2D eigenvalue weighted by Crippen LogP contribution is -2.35. The van der Waals surface area contributed by atoms with Crippen molar-refractivity contribution in [3.8, 4) is 0 Å². The minimum atomic E-state index is 0.137. The Morgan fingerprint density at radius 1 is 1.35 bits per heavy atom. The lowest BCUT2D eigenvalue weighted by molar-refractivity contribution is -0.128. The van der Waals surface area contributed by atoms with Gasteiger partial charge in [-0.15, -0.1) is 0 Å². The zero-order chi connectivity index (χ0) is 12.8. The van der Waals surface area contributed by atoms with Crippen molar-refractivity contribution < 1.29 is 4.79 Å². The maximum atomic E-state index is 11.6. The summed E-state index contributed by atoms with van der Waals surface area (Å²) in [5.74, 6) is 0.137. The van der Waals surface area contributed by atoms with Crippen molar-refractivity contribution in [1.82, 2.24) is 10.2 Å². The fourth-order valence-electron chi connectivity index (χ4n) is 1.62. The van der Waals surface area contributed by atoms with Crippen molar-refractivity contribution in [3.05, 3.63) is 34.9 Å². The van der Waals surface area contributed by atoms with Gasteiger partial charge in [0.25, 0.3) is 0 Å². The van der Waals surface area contributed by atoms with Crippen LogP contribution < -0.4 is 5.32 Å². The van der Waals surface area contributed by atoms with Crippen LogP contribution in [0.3, 0.4) is 0 Å². The van der Waals surface area contributed by atoms with E-state index in [4.69, 9.17) is 0 Å². The van der Waals surface area contributed by atoms with Crippen molar-refractivity contribution >= 4 is 5.91 Å². The normalized spacial score (nSPS) is 10.4. The van der Waals surface area contributed by atoms with Crippen molar-refractivity contribution in [2.45, 2.75) is 27.3 Å². The monoisotopic (exact) mass is 234 g/mol. The van der Waals surface area contributed by atoms with Gasteiger partial charge in [-0.1, -0.05) is 18.2 Å². The van der Waals surface area contributed by atoms with Crippen molar-refractivity contribution in [2.24, 2.45) is 0 Å². The molecule has 17 heavy (non-hydrogen) atoms. The van der Waals surface area contributed by atoms with Gasteiger partial charge in [0.2, 0.25) is 5.91 Å². The second-order valence-corrected chi connectivity index (χ2v) is 4.37. The molecule has 0 unspecified atom stereocenters. The smallest absolute Gasteiger partial charge is 0.236 e. The molecule has 1 amide bonds. The molecule has 94 valence electrons. The Morgan fingerprint density at radius 3 is 2.71 bits per heavy atom. The van der Waals surface area contributed by atoms with Gasteiger partial charge in [0, 0.05) is 20.1 Å². The van der Waals surface area contributed by atoms with E-state index in [2.05, 4.69) is 37.4 Å². The van der Waals surface area contributed by atoms with E-state index in [0.29, 0.717) is 6.54 Å². The Bertz CT molecular complexity index is 388. The maximum absolute atomic E-state index is 11.6. The first kappa shape index (κ1) is 13.7. The second-order valence-electron chi connectivity index (χ2n) is 4.37. The molecule has 0 spiro atoms. The van der Waals surface area contributed by atoms with Gasteiger partial charge in [0.15, 0.2) is 0 Å². The van der Waals surface area contributed by atoms with Crippen LogP contribution in [0.5, 0.6) is 0 Å². The van der Waals surface area contributed by atoms with Gasteiger partial charge in [0.05, 0.1) is 6.54 Å². The van der Waals surface area contributed by atoms with Gasteiger partial charge in [0.1, 0.15) is 0 Å². The molecule has 0 aliphatic rings. The molecule has 0 saturated heterocycles. The molecule has 1 aromatic rings.